The van der Waals surface area contributed by atoms with Gasteiger partial charge in [-0.2, -0.15) is 0 Å². The lowest BCUT2D eigenvalue weighted by Crippen LogP contribution is -2.22. The number of sulfonamides is 1. The third-order valence-electron chi connectivity index (χ3n) is 2.89. The smallest absolute Gasteiger partial charge is 0.343 e. The average molecular weight is 384 g/mol. The van der Waals surface area contributed by atoms with Crippen LogP contribution in [0.5, 0.6) is 5.75 Å². The highest BCUT2D eigenvalue weighted by molar-refractivity contribution is 9.10. The maximum atomic E-state index is 12.2. The first-order valence-corrected chi connectivity index (χ1v) is 8.55. The van der Waals surface area contributed by atoms with Crippen molar-refractivity contribution in [3.8, 4) is 5.75 Å². The predicted molar refractivity (Wildman–Crippen MR) is 86.4 cm³/mol. The van der Waals surface area contributed by atoms with Crippen molar-refractivity contribution in [1.82, 2.24) is 4.31 Å². The largest absolute Gasteiger partial charge is 0.422 e. The molecule has 0 spiro atoms. The maximum absolute atomic E-state index is 12.2. The number of rotatable bonds is 4. The summed E-state index contributed by atoms with van der Waals surface area (Å²) in [5.41, 5.74) is 0.165. The lowest BCUT2D eigenvalue weighted by Gasteiger charge is -2.12. The number of esters is 1. The molecule has 7 heteroatoms. The van der Waals surface area contributed by atoms with Crippen molar-refractivity contribution in [3.05, 3.63) is 58.6 Å². The number of hydrogen-bond donors (Lipinski definition) is 0. The minimum absolute atomic E-state index is 0.0408. The fourth-order valence-electron chi connectivity index (χ4n) is 1.68. The molecule has 22 heavy (non-hydrogen) atoms. The van der Waals surface area contributed by atoms with Crippen molar-refractivity contribution in [2.75, 3.05) is 14.1 Å². The summed E-state index contributed by atoms with van der Waals surface area (Å²) in [6.45, 7) is 0. The Hall–Kier alpha value is -1.70. The molecule has 0 aliphatic rings. The van der Waals surface area contributed by atoms with Gasteiger partial charge >= 0.3 is 5.97 Å². The lowest BCUT2D eigenvalue weighted by atomic mass is 10.2. The van der Waals surface area contributed by atoms with Crippen LogP contribution in [0.2, 0.25) is 0 Å². The van der Waals surface area contributed by atoms with Gasteiger partial charge in [-0.1, -0.05) is 18.2 Å². The number of nitrogens with zero attached hydrogens (tertiary/aromatic N) is 1. The Balaban J connectivity index is 2.31. The van der Waals surface area contributed by atoms with Gasteiger partial charge < -0.3 is 4.74 Å². The number of para-hydroxylation sites is 1. The van der Waals surface area contributed by atoms with Crippen molar-refractivity contribution < 1.29 is 17.9 Å². The zero-order chi connectivity index (χ0) is 16.3. The normalized spacial score (nSPS) is 11.5. The van der Waals surface area contributed by atoms with E-state index in [1.807, 2.05) is 0 Å². The molecule has 0 bridgehead atoms. The van der Waals surface area contributed by atoms with E-state index in [4.69, 9.17) is 4.74 Å². The van der Waals surface area contributed by atoms with E-state index in [2.05, 4.69) is 15.9 Å². The molecule has 0 N–H and O–H groups in total. The summed E-state index contributed by atoms with van der Waals surface area (Å²) in [5, 5.41) is 0. The van der Waals surface area contributed by atoms with Gasteiger partial charge in [0.1, 0.15) is 5.75 Å². The van der Waals surface area contributed by atoms with E-state index < -0.39 is 16.0 Å². The molecule has 0 amide bonds. The maximum Gasteiger partial charge on any atom is 0.343 e. The summed E-state index contributed by atoms with van der Waals surface area (Å²) in [5.74, 6) is -0.254. The van der Waals surface area contributed by atoms with Crippen molar-refractivity contribution in [1.29, 1.82) is 0 Å². The van der Waals surface area contributed by atoms with Gasteiger partial charge in [-0.05, 0) is 46.3 Å². The molecule has 0 unspecified atom stereocenters. The third kappa shape index (κ3) is 3.55. The van der Waals surface area contributed by atoms with Crippen LogP contribution in [0.1, 0.15) is 10.4 Å². The van der Waals surface area contributed by atoms with Crippen LogP contribution in [0.15, 0.2) is 57.9 Å². The van der Waals surface area contributed by atoms with E-state index in [1.54, 1.807) is 24.3 Å². The minimum atomic E-state index is -3.60. The summed E-state index contributed by atoms with van der Waals surface area (Å²) in [6, 6.07) is 12.7. The molecule has 2 aromatic carbocycles. The van der Waals surface area contributed by atoms with Gasteiger partial charge in [0.25, 0.3) is 0 Å². The van der Waals surface area contributed by atoms with Crippen molar-refractivity contribution in [2.24, 2.45) is 0 Å². The molecule has 2 aromatic rings. The summed E-state index contributed by atoms with van der Waals surface area (Å²) in [6.07, 6.45) is 0. The van der Waals surface area contributed by atoms with Gasteiger partial charge in [0.15, 0.2) is 0 Å². The van der Waals surface area contributed by atoms with Gasteiger partial charge in [-0.25, -0.2) is 17.5 Å². The monoisotopic (exact) mass is 383 g/mol. The van der Waals surface area contributed by atoms with Crippen molar-refractivity contribution in [3.63, 3.8) is 0 Å². The van der Waals surface area contributed by atoms with Crippen molar-refractivity contribution in [2.45, 2.75) is 4.90 Å². The van der Waals surface area contributed by atoms with E-state index in [1.165, 1.54) is 38.4 Å². The van der Waals surface area contributed by atoms with Gasteiger partial charge in [0.05, 0.1) is 14.9 Å². The van der Waals surface area contributed by atoms with Gasteiger partial charge in [0.2, 0.25) is 10.0 Å². The number of benzene rings is 2. The van der Waals surface area contributed by atoms with Gasteiger partial charge in [-0.15, -0.1) is 0 Å². The molecule has 0 fully saturated rings. The van der Waals surface area contributed by atoms with Crippen LogP contribution in [-0.4, -0.2) is 32.8 Å². The number of halogens is 1. The van der Waals surface area contributed by atoms with E-state index >= 15 is 0 Å². The molecule has 0 aliphatic heterocycles. The zero-order valence-corrected chi connectivity index (χ0v) is 14.4. The van der Waals surface area contributed by atoms with Crippen LogP contribution < -0.4 is 4.74 Å². The molecule has 5 nitrogen and oxygen atoms in total. The van der Waals surface area contributed by atoms with Crippen molar-refractivity contribution >= 4 is 31.9 Å². The number of carbonyl (C=O) groups excluding carboxylic acids is 1. The molecule has 0 saturated heterocycles. The van der Waals surface area contributed by atoms with Crippen LogP contribution in [0, 0.1) is 0 Å². The summed E-state index contributed by atoms with van der Waals surface area (Å²) in [4.78, 5) is 12.2. The molecular formula is C15H14BrNO4S. The van der Waals surface area contributed by atoms with E-state index in [9.17, 15) is 13.2 Å². The highest BCUT2D eigenvalue weighted by Crippen LogP contribution is 2.25. The van der Waals surface area contributed by atoms with E-state index in [-0.39, 0.29) is 10.5 Å². The minimum Gasteiger partial charge on any atom is -0.422 e. The standard InChI is InChI=1S/C15H14BrNO4S/c1-17(2)22(19,20)12-7-5-6-11(10-12)15(18)21-14-9-4-3-8-13(14)16/h3-10H,1-2H3. The van der Waals surface area contributed by atoms with E-state index in [0.29, 0.717) is 10.2 Å². The van der Waals surface area contributed by atoms with E-state index in [0.717, 1.165) is 4.31 Å². The summed E-state index contributed by atoms with van der Waals surface area (Å²) < 4.78 is 31.2. The van der Waals surface area contributed by atoms with Gasteiger partial charge in [0, 0.05) is 14.1 Å². The summed E-state index contributed by atoms with van der Waals surface area (Å²) >= 11 is 3.28. The molecular weight excluding hydrogens is 370 g/mol. The first-order valence-electron chi connectivity index (χ1n) is 6.31. The second-order valence-electron chi connectivity index (χ2n) is 4.64. The van der Waals surface area contributed by atoms with Crippen LogP contribution in [0.4, 0.5) is 0 Å². The second kappa shape index (κ2) is 6.60. The van der Waals surface area contributed by atoms with Crippen LogP contribution in [0.25, 0.3) is 0 Å². The molecule has 0 radical (unpaired) electrons. The Morgan fingerprint density at radius 2 is 1.77 bits per heavy atom. The first-order chi connectivity index (χ1) is 10.3. The first kappa shape index (κ1) is 16.7. The zero-order valence-electron chi connectivity index (χ0n) is 12.0. The number of ether oxygens (including phenoxy) is 1. The quantitative estimate of drug-likeness (QED) is 0.601. The topological polar surface area (TPSA) is 63.7 Å². The third-order valence-corrected chi connectivity index (χ3v) is 5.35. The second-order valence-corrected chi connectivity index (χ2v) is 7.64. The predicted octanol–water partition coefficient (Wildman–Crippen LogP) is 2.92. The van der Waals surface area contributed by atoms with Crippen LogP contribution in [-0.2, 0) is 10.0 Å². The lowest BCUT2D eigenvalue weighted by molar-refractivity contribution is 0.0733. The Morgan fingerprint density at radius 3 is 2.41 bits per heavy atom. The Bertz CT molecular complexity index is 803. The van der Waals surface area contributed by atoms with Gasteiger partial charge in [-0.3, -0.25) is 0 Å². The highest BCUT2D eigenvalue weighted by atomic mass is 79.9. The number of carbonyl (C=O) groups is 1. The molecule has 0 aliphatic carbocycles. The highest BCUT2D eigenvalue weighted by Gasteiger charge is 2.19. The molecule has 0 atom stereocenters. The molecule has 0 heterocycles. The fourth-order valence-corrected chi connectivity index (χ4v) is 2.99. The Labute approximate surface area is 137 Å². The number of hydrogen-bond acceptors (Lipinski definition) is 4. The fraction of sp³-hybridized carbons (Fsp3) is 0.133. The SMILES string of the molecule is CN(C)S(=O)(=O)c1cccc(C(=O)Oc2ccccc2Br)c1. The molecule has 0 saturated carbocycles. The molecule has 116 valence electrons. The Morgan fingerprint density at radius 1 is 1.09 bits per heavy atom. The average Bonchev–Trinajstić information content (AvgIpc) is 2.49. The van der Waals surface area contributed by atoms with Crippen LogP contribution >= 0.6 is 15.9 Å². The summed E-state index contributed by atoms with van der Waals surface area (Å²) in [7, 11) is -0.734. The molecule has 2 rings (SSSR count). The Kier molecular flexibility index (Phi) is 5.00. The van der Waals surface area contributed by atoms with Crippen LogP contribution in [0.3, 0.4) is 0 Å². The molecule has 0 aromatic heterocycles.